The topological polar surface area (TPSA) is 170 Å². The number of amides is 1. The maximum absolute atomic E-state index is 14.8. The highest BCUT2D eigenvalue weighted by atomic mass is 31.2. The predicted octanol–water partition coefficient (Wildman–Crippen LogP) is 12.5. The van der Waals surface area contributed by atoms with E-state index in [4.69, 9.17) is 23.0 Å². The number of phosphoric ester groups is 1. The molecule has 0 aliphatic carbocycles. The molecule has 1 aliphatic rings. The van der Waals surface area contributed by atoms with Crippen molar-refractivity contribution in [3.05, 3.63) is 92.0 Å². The number of benzene rings is 2. The third kappa shape index (κ3) is 15.2. The van der Waals surface area contributed by atoms with Gasteiger partial charge in [-0.1, -0.05) is 108 Å². The van der Waals surface area contributed by atoms with Crippen molar-refractivity contribution in [3.8, 4) is 0 Å². The maximum atomic E-state index is 14.8. The fraction of sp³-hybridized carbons (Fsp3) is 0.643. The smallest absolute Gasteiger partial charge is 0.444 e. The summed E-state index contributed by atoms with van der Waals surface area (Å²) in [5.41, 5.74) is -2.34. The summed E-state index contributed by atoms with van der Waals surface area (Å²) in [5.74, 6) is 0. The summed E-state index contributed by atoms with van der Waals surface area (Å²) in [6.45, 7) is 13.4. The molecule has 14 nitrogen and oxygen atoms in total. The van der Waals surface area contributed by atoms with Gasteiger partial charge in [-0.25, -0.2) is 9.36 Å². The van der Waals surface area contributed by atoms with Gasteiger partial charge in [-0.05, 0) is 73.4 Å². The number of ether oxygens (including phenoxy) is 2. The highest BCUT2D eigenvalue weighted by Crippen LogP contribution is 2.57. The number of rotatable bonds is 24. The molecule has 0 saturated carbocycles. The first-order chi connectivity index (χ1) is 26.9. The van der Waals surface area contributed by atoms with Crippen LogP contribution in [-0.2, 0) is 27.6 Å². The summed E-state index contributed by atoms with van der Waals surface area (Å²) < 4.78 is 44.9. The molecule has 15 heteroatoms. The molecule has 0 spiro atoms. The van der Waals surface area contributed by atoms with Gasteiger partial charge < -0.3 is 9.47 Å². The summed E-state index contributed by atoms with van der Waals surface area (Å²) >= 11 is 0. The fourth-order valence-corrected chi connectivity index (χ4v) is 8.43. The average molecular weight is 818 g/mol. The van der Waals surface area contributed by atoms with Crippen molar-refractivity contribution >= 4 is 25.3 Å². The van der Waals surface area contributed by atoms with Gasteiger partial charge in [0.15, 0.2) is 0 Å². The second kappa shape index (κ2) is 22.5. The molecule has 0 radical (unpaired) electrons. The van der Waals surface area contributed by atoms with Gasteiger partial charge in [0.1, 0.15) is 17.4 Å². The van der Waals surface area contributed by atoms with Crippen molar-refractivity contribution in [3.63, 3.8) is 0 Å². The zero-order chi connectivity index (χ0) is 42.2. The van der Waals surface area contributed by atoms with Gasteiger partial charge in [0.2, 0.25) is 0 Å². The van der Waals surface area contributed by atoms with E-state index in [9.17, 15) is 29.6 Å². The second-order valence-corrected chi connectivity index (χ2v) is 17.6. The van der Waals surface area contributed by atoms with E-state index in [0.29, 0.717) is 0 Å². The minimum absolute atomic E-state index is 0.109. The monoisotopic (exact) mass is 817 g/mol. The molecule has 4 atom stereocenters. The maximum Gasteiger partial charge on any atom is 0.476 e. The summed E-state index contributed by atoms with van der Waals surface area (Å²) in [5, 5.41) is 23.7. The summed E-state index contributed by atoms with van der Waals surface area (Å²) in [4.78, 5) is 37.7. The number of unbranched alkanes of at least 4 members (excludes halogenated alkanes) is 11. The Morgan fingerprint density at radius 2 is 1.30 bits per heavy atom. The van der Waals surface area contributed by atoms with Crippen LogP contribution >= 0.6 is 7.82 Å². The molecular weight excluding hydrogens is 753 g/mol. The Morgan fingerprint density at radius 1 is 0.842 bits per heavy atom. The Hall–Kier alpha value is -3.68. The highest BCUT2D eigenvalue weighted by molar-refractivity contribution is 7.48. The molecule has 2 aromatic rings. The van der Waals surface area contributed by atoms with E-state index in [2.05, 4.69) is 6.92 Å². The Balaban J connectivity index is 1.85. The summed E-state index contributed by atoms with van der Waals surface area (Å²) in [7, 11) is -4.74. The van der Waals surface area contributed by atoms with Gasteiger partial charge >= 0.3 is 13.9 Å². The van der Waals surface area contributed by atoms with Gasteiger partial charge in [-0.3, -0.25) is 38.7 Å². The van der Waals surface area contributed by atoms with Crippen LogP contribution < -0.4 is 0 Å². The molecule has 0 bridgehead atoms. The zero-order valence-electron chi connectivity index (χ0n) is 35.1. The number of nitro groups is 2. The van der Waals surface area contributed by atoms with E-state index in [-0.39, 0.29) is 22.5 Å². The number of carbonyl (C=O) groups is 1. The van der Waals surface area contributed by atoms with Crippen LogP contribution in [0.3, 0.4) is 0 Å². The normalized spacial score (nSPS) is 19.0. The molecule has 2 aromatic carbocycles. The van der Waals surface area contributed by atoms with Crippen LogP contribution in [0, 0.1) is 20.2 Å². The molecule has 1 amide bonds. The lowest BCUT2D eigenvalue weighted by Gasteiger charge is -2.35. The minimum atomic E-state index is -4.74. The van der Waals surface area contributed by atoms with Crippen molar-refractivity contribution in [2.45, 2.75) is 168 Å². The number of para-hydroxylation sites is 2. The standard InChI is InChI=1S/C42H64N3O11P/c1-9-10-11-12-13-14-15-16-17-18-19-20-21-30-39-38(43(42(7,8)53-39)40(46)54-41(4,5)6)31-52-57(51,55-32(2)34-26-22-24-28-36(34)44(47)48)56-33(3)35-27-23-25-29-37(35)45(49)50/h21-30,32-33,38-39H,9-20,31H2,1-8H3. The van der Waals surface area contributed by atoms with Gasteiger partial charge in [-0.15, -0.1) is 0 Å². The van der Waals surface area contributed by atoms with Gasteiger partial charge in [0, 0.05) is 12.1 Å². The number of allylic oxidation sites excluding steroid dienone is 1. The molecular formula is C42H64N3O11P. The minimum Gasteiger partial charge on any atom is -0.444 e. The van der Waals surface area contributed by atoms with E-state index >= 15 is 0 Å². The van der Waals surface area contributed by atoms with Gasteiger partial charge in [0.25, 0.3) is 11.4 Å². The number of nitro benzene ring substituents is 2. The average Bonchev–Trinajstić information content (AvgIpc) is 3.40. The molecule has 1 saturated heterocycles. The van der Waals surface area contributed by atoms with Crippen molar-refractivity contribution in [1.29, 1.82) is 0 Å². The lowest BCUT2D eigenvalue weighted by atomic mass is 10.0. The van der Waals surface area contributed by atoms with Crippen molar-refractivity contribution in [1.82, 2.24) is 4.90 Å². The lowest BCUT2D eigenvalue weighted by Crippen LogP contribution is -2.51. The van der Waals surface area contributed by atoms with Crippen LogP contribution in [0.2, 0.25) is 0 Å². The molecule has 1 aliphatic heterocycles. The third-order valence-electron chi connectivity index (χ3n) is 9.73. The van der Waals surface area contributed by atoms with Crippen molar-refractivity contribution in [2.75, 3.05) is 6.61 Å². The van der Waals surface area contributed by atoms with E-state index < -0.39 is 66.0 Å². The molecule has 0 aromatic heterocycles. The van der Waals surface area contributed by atoms with Crippen LogP contribution in [0.25, 0.3) is 0 Å². The summed E-state index contributed by atoms with van der Waals surface area (Å²) in [6.07, 6.45) is 14.5. The molecule has 57 heavy (non-hydrogen) atoms. The van der Waals surface area contributed by atoms with Crippen LogP contribution in [0.15, 0.2) is 60.7 Å². The second-order valence-electron chi connectivity index (χ2n) is 16.1. The van der Waals surface area contributed by atoms with Crippen molar-refractivity contribution < 1.29 is 42.3 Å². The number of phosphoric acid groups is 1. The first-order valence-corrected chi connectivity index (χ1v) is 21.8. The quantitative estimate of drug-likeness (QED) is 0.0325. The van der Waals surface area contributed by atoms with Gasteiger partial charge in [-0.2, -0.15) is 0 Å². The molecule has 1 heterocycles. The van der Waals surface area contributed by atoms with E-state index in [0.717, 1.165) is 19.3 Å². The first-order valence-electron chi connectivity index (χ1n) is 20.3. The number of hydrogen-bond acceptors (Lipinski definition) is 11. The van der Waals surface area contributed by atoms with E-state index in [1.165, 1.54) is 113 Å². The SMILES string of the molecule is CCCCCCCCCCCCCC=CC1OC(C)(C)N(C(=O)OC(C)(C)C)C1COP(=O)(OC(C)c1ccccc1[N+](=O)[O-])OC(C)c1ccccc1[N+](=O)[O-]. The molecule has 4 unspecified atom stereocenters. The zero-order valence-corrected chi connectivity index (χ0v) is 35.9. The van der Waals surface area contributed by atoms with Gasteiger partial charge in [0.05, 0.1) is 45.8 Å². The number of carbonyl (C=O) groups excluding carboxylic acids is 1. The van der Waals surface area contributed by atoms with E-state index in [1.54, 1.807) is 46.8 Å². The Labute approximate surface area is 338 Å². The highest BCUT2D eigenvalue weighted by Gasteiger charge is 2.51. The fourth-order valence-electron chi connectivity index (χ4n) is 6.92. The van der Waals surface area contributed by atoms with Crippen LogP contribution in [0.5, 0.6) is 0 Å². The Kier molecular flexibility index (Phi) is 18.8. The molecule has 1 fully saturated rings. The van der Waals surface area contributed by atoms with Crippen LogP contribution in [0.1, 0.15) is 156 Å². The third-order valence-corrected chi connectivity index (χ3v) is 11.3. The predicted molar refractivity (Wildman–Crippen MR) is 220 cm³/mol. The van der Waals surface area contributed by atoms with Crippen molar-refractivity contribution in [2.24, 2.45) is 0 Å². The number of hydrogen-bond donors (Lipinski definition) is 0. The number of nitrogens with zero attached hydrogens (tertiary/aromatic N) is 3. The van der Waals surface area contributed by atoms with Crippen LogP contribution in [0.4, 0.5) is 16.2 Å². The van der Waals surface area contributed by atoms with Crippen LogP contribution in [-0.4, -0.2) is 50.9 Å². The Bertz CT molecular complexity index is 1610. The molecule has 318 valence electrons. The van der Waals surface area contributed by atoms with E-state index in [1.807, 2.05) is 12.2 Å². The first kappa shape index (κ1) is 47.7. The lowest BCUT2D eigenvalue weighted by molar-refractivity contribution is -0.386. The Morgan fingerprint density at radius 3 is 1.75 bits per heavy atom. The largest absolute Gasteiger partial charge is 0.476 e. The molecule has 3 rings (SSSR count). The summed E-state index contributed by atoms with van der Waals surface area (Å²) in [6, 6.07) is 10.8. The molecule has 0 N–H and O–H groups in total.